The third kappa shape index (κ3) is 3.08. The van der Waals surface area contributed by atoms with Crippen LogP contribution >= 0.6 is 11.3 Å². The summed E-state index contributed by atoms with van der Waals surface area (Å²) in [6.07, 6.45) is 6.98. The number of amides is 2. The van der Waals surface area contributed by atoms with E-state index in [2.05, 4.69) is 15.7 Å². The third-order valence-electron chi connectivity index (χ3n) is 5.61. The fourth-order valence-electron chi connectivity index (χ4n) is 4.02. The molecule has 0 spiro atoms. The summed E-state index contributed by atoms with van der Waals surface area (Å²) in [6.45, 7) is 3.43. The molecule has 0 bridgehead atoms. The summed E-state index contributed by atoms with van der Waals surface area (Å²) in [6, 6.07) is 0. The zero-order valence-electron chi connectivity index (χ0n) is 14.2. The van der Waals surface area contributed by atoms with Gasteiger partial charge < -0.3 is 10.2 Å². The average Bonchev–Trinajstić information content (AvgIpc) is 2.93. The van der Waals surface area contributed by atoms with Crippen molar-refractivity contribution < 1.29 is 9.59 Å². The standard InChI is InChI=1S/C18H25N3O2S/c1-12-11-24-17(19-12)18(6-2-3-7-18)20-16(23)14-8-15(22)21(10-14)9-13-4-5-13/h11,13-14H,2-10H2,1H3,(H,20,23). The van der Waals surface area contributed by atoms with Crippen LogP contribution in [0.1, 0.15) is 55.6 Å². The van der Waals surface area contributed by atoms with Crippen molar-refractivity contribution in [2.45, 2.75) is 57.4 Å². The number of carbonyl (C=O) groups is 2. The highest BCUT2D eigenvalue weighted by molar-refractivity contribution is 7.09. The molecule has 1 saturated heterocycles. The second-order valence-corrected chi connectivity index (χ2v) is 8.57. The van der Waals surface area contributed by atoms with Crippen LogP contribution in [0.2, 0.25) is 0 Å². The number of nitrogens with one attached hydrogen (secondary N) is 1. The summed E-state index contributed by atoms with van der Waals surface area (Å²) in [5.74, 6) is 0.661. The molecule has 0 aromatic carbocycles. The highest BCUT2D eigenvalue weighted by Gasteiger charge is 2.43. The summed E-state index contributed by atoms with van der Waals surface area (Å²) < 4.78 is 0. The fourth-order valence-corrected chi connectivity index (χ4v) is 5.03. The normalized spacial score (nSPS) is 26.1. The Morgan fingerprint density at radius 3 is 2.79 bits per heavy atom. The summed E-state index contributed by atoms with van der Waals surface area (Å²) in [5.41, 5.74) is 0.713. The number of aromatic nitrogens is 1. The first-order valence-corrected chi connectivity index (χ1v) is 9.96. The molecular formula is C18H25N3O2S. The minimum absolute atomic E-state index is 0.0383. The molecule has 2 saturated carbocycles. The molecule has 5 nitrogen and oxygen atoms in total. The molecule has 2 heterocycles. The number of hydrogen-bond donors (Lipinski definition) is 1. The Kier molecular flexibility index (Phi) is 4.11. The first-order chi connectivity index (χ1) is 11.6. The van der Waals surface area contributed by atoms with Gasteiger partial charge in [0.15, 0.2) is 0 Å². The van der Waals surface area contributed by atoms with Crippen LogP contribution in [-0.4, -0.2) is 34.8 Å². The minimum atomic E-state index is -0.303. The topological polar surface area (TPSA) is 62.3 Å². The molecule has 2 amide bonds. The number of carbonyl (C=O) groups excluding carboxylic acids is 2. The first kappa shape index (κ1) is 16.1. The molecule has 24 heavy (non-hydrogen) atoms. The van der Waals surface area contributed by atoms with Crippen LogP contribution < -0.4 is 5.32 Å². The van der Waals surface area contributed by atoms with E-state index in [1.165, 1.54) is 12.8 Å². The van der Waals surface area contributed by atoms with Gasteiger partial charge in [0.2, 0.25) is 11.8 Å². The maximum absolute atomic E-state index is 12.9. The van der Waals surface area contributed by atoms with Crippen molar-refractivity contribution in [3.05, 3.63) is 16.1 Å². The van der Waals surface area contributed by atoms with E-state index in [1.54, 1.807) is 11.3 Å². The summed E-state index contributed by atoms with van der Waals surface area (Å²) >= 11 is 1.64. The van der Waals surface area contributed by atoms with E-state index in [-0.39, 0.29) is 23.3 Å². The molecule has 4 rings (SSSR count). The van der Waals surface area contributed by atoms with Gasteiger partial charge in [0.25, 0.3) is 0 Å². The number of aryl methyl sites for hydroxylation is 1. The molecule has 1 N–H and O–H groups in total. The molecule has 6 heteroatoms. The van der Waals surface area contributed by atoms with Crippen LogP contribution in [-0.2, 0) is 15.1 Å². The van der Waals surface area contributed by atoms with Gasteiger partial charge in [0.1, 0.15) is 5.01 Å². The van der Waals surface area contributed by atoms with Crippen molar-refractivity contribution in [2.24, 2.45) is 11.8 Å². The summed E-state index contributed by atoms with van der Waals surface area (Å²) in [5, 5.41) is 6.39. The lowest BCUT2D eigenvalue weighted by molar-refractivity contribution is -0.129. The summed E-state index contributed by atoms with van der Waals surface area (Å²) in [4.78, 5) is 31.6. The van der Waals surface area contributed by atoms with Gasteiger partial charge in [-0.3, -0.25) is 9.59 Å². The van der Waals surface area contributed by atoms with E-state index in [0.29, 0.717) is 18.9 Å². The monoisotopic (exact) mass is 347 g/mol. The molecule has 3 aliphatic rings. The Bertz CT molecular complexity index is 646. The van der Waals surface area contributed by atoms with Crippen molar-refractivity contribution in [2.75, 3.05) is 13.1 Å². The van der Waals surface area contributed by atoms with E-state index in [0.717, 1.165) is 42.9 Å². The molecule has 130 valence electrons. The van der Waals surface area contributed by atoms with E-state index in [9.17, 15) is 9.59 Å². The molecule has 1 aliphatic heterocycles. The molecule has 0 radical (unpaired) electrons. The van der Waals surface area contributed by atoms with E-state index >= 15 is 0 Å². The van der Waals surface area contributed by atoms with Gasteiger partial charge in [-0.05, 0) is 38.5 Å². The van der Waals surface area contributed by atoms with Gasteiger partial charge in [0.05, 0.1) is 11.5 Å². The van der Waals surface area contributed by atoms with Crippen LogP contribution in [0.3, 0.4) is 0 Å². The van der Waals surface area contributed by atoms with E-state index < -0.39 is 0 Å². The molecule has 3 fully saturated rings. The van der Waals surface area contributed by atoms with Crippen LogP contribution in [0, 0.1) is 18.8 Å². The molecule has 1 unspecified atom stereocenters. The lowest BCUT2D eigenvalue weighted by Crippen LogP contribution is -2.47. The molecule has 1 aromatic heterocycles. The number of nitrogens with zero attached hydrogens (tertiary/aromatic N) is 2. The highest BCUT2D eigenvalue weighted by atomic mass is 32.1. The third-order valence-corrected chi connectivity index (χ3v) is 6.77. The van der Waals surface area contributed by atoms with Crippen molar-refractivity contribution in [3.63, 3.8) is 0 Å². The van der Waals surface area contributed by atoms with Crippen LogP contribution in [0.25, 0.3) is 0 Å². The Balaban J connectivity index is 1.45. The van der Waals surface area contributed by atoms with Crippen molar-refractivity contribution in [3.8, 4) is 0 Å². The highest BCUT2D eigenvalue weighted by Crippen LogP contribution is 2.40. The maximum atomic E-state index is 12.9. The van der Waals surface area contributed by atoms with Crippen LogP contribution in [0.5, 0.6) is 0 Å². The van der Waals surface area contributed by atoms with Gasteiger partial charge in [-0.25, -0.2) is 4.98 Å². The SMILES string of the molecule is Cc1csc(C2(NC(=O)C3CC(=O)N(CC4CC4)C3)CCCC2)n1. The number of likely N-dealkylation sites (tertiary alicyclic amines) is 1. The largest absolute Gasteiger partial charge is 0.344 e. The molecule has 1 atom stereocenters. The molecule has 2 aliphatic carbocycles. The maximum Gasteiger partial charge on any atom is 0.226 e. The Hall–Kier alpha value is -1.43. The molecule has 1 aromatic rings. The smallest absolute Gasteiger partial charge is 0.226 e. The van der Waals surface area contributed by atoms with E-state index in [1.807, 2.05) is 11.8 Å². The zero-order chi connectivity index (χ0) is 16.7. The predicted molar refractivity (Wildman–Crippen MR) is 92.6 cm³/mol. The van der Waals surface area contributed by atoms with Crippen molar-refractivity contribution in [1.82, 2.24) is 15.2 Å². The Morgan fingerprint density at radius 2 is 2.17 bits per heavy atom. The lowest BCUT2D eigenvalue weighted by atomic mass is 9.96. The average molecular weight is 347 g/mol. The van der Waals surface area contributed by atoms with Gasteiger partial charge in [-0.1, -0.05) is 12.8 Å². The number of thiazole rings is 1. The second kappa shape index (κ2) is 6.14. The van der Waals surface area contributed by atoms with Crippen molar-refractivity contribution >= 4 is 23.2 Å². The lowest BCUT2D eigenvalue weighted by Gasteiger charge is -2.29. The second-order valence-electron chi connectivity index (χ2n) is 7.72. The van der Waals surface area contributed by atoms with Gasteiger partial charge in [-0.15, -0.1) is 11.3 Å². The van der Waals surface area contributed by atoms with E-state index in [4.69, 9.17) is 0 Å². The summed E-state index contributed by atoms with van der Waals surface area (Å²) in [7, 11) is 0. The zero-order valence-corrected chi connectivity index (χ0v) is 15.0. The first-order valence-electron chi connectivity index (χ1n) is 9.08. The van der Waals surface area contributed by atoms with Crippen molar-refractivity contribution in [1.29, 1.82) is 0 Å². The van der Waals surface area contributed by atoms with Crippen LogP contribution in [0.4, 0.5) is 0 Å². The van der Waals surface area contributed by atoms with Gasteiger partial charge >= 0.3 is 0 Å². The van der Waals surface area contributed by atoms with Gasteiger partial charge in [-0.2, -0.15) is 0 Å². The number of rotatable bonds is 5. The minimum Gasteiger partial charge on any atom is -0.344 e. The quantitative estimate of drug-likeness (QED) is 0.890. The number of hydrogen-bond acceptors (Lipinski definition) is 4. The van der Waals surface area contributed by atoms with Gasteiger partial charge in [0, 0.05) is 30.6 Å². The Morgan fingerprint density at radius 1 is 1.42 bits per heavy atom. The fraction of sp³-hybridized carbons (Fsp3) is 0.722. The van der Waals surface area contributed by atoms with Crippen LogP contribution in [0.15, 0.2) is 5.38 Å². The molecular weight excluding hydrogens is 322 g/mol. The Labute approximate surface area is 146 Å². The predicted octanol–water partition coefficient (Wildman–Crippen LogP) is 2.60.